The standard InChI is InChI=1S/C60H105NO10/c1-3-5-7-9-11-13-15-16-20-23-27-30-34-38-42-46-53(63)52(51-70-60-59(68)58(67)57(66)54(50-62)71-60)61-55(64)47-43-39-35-31-28-24-21-18-17-19-22-25-29-33-37-41-45-49-69-56(65)48-44-40-36-32-26-14-12-10-8-6-4-2/h10,12,15-17,19,25,27,29-30,42,46,52-54,57-60,62-63,66-68H,3-9,11,13-14,18,20-24,26,28,31-41,43-45,47-51H2,1-2H3,(H,61,64)/b12-10-,16-15+,19-17-,29-25-,30-27+,46-42+. The Morgan fingerprint density at radius 2 is 0.972 bits per heavy atom. The molecule has 1 amide bonds. The summed E-state index contributed by atoms with van der Waals surface area (Å²) in [6.07, 6.45) is 54.1. The quantitative estimate of drug-likeness (QED) is 0.0196. The first-order valence-electron chi connectivity index (χ1n) is 28.7. The topological polar surface area (TPSA) is 175 Å². The number of hydrogen-bond donors (Lipinski definition) is 6. The summed E-state index contributed by atoms with van der Waals surface area (Å²) >= 11 is 0. The van der Waals surface area contributed by atoms with E-state index in [0.29, 0.717) is 25.9 Å². The second kappa shape index (κ2) is 49.3. The molecule has 7 atom stereocenters. The molecule has 11 heteroatoms. The number of carbonyl (C=O) groups is 2. The van der Waals surface area contributed by atoms with Gasteiger partial charge in [-0.05, 0) is 116 Å². The molecule has 0 saturated carbocycles. The van der Waals surface area contributed by atoms with Gasteiger partial charge in [0, 0.05) is 12.8 Å². The van der Waals surface area contributed by atoms with Gasteiger partial charge in [0.1, 0.15) is 24.4 Å². The lowest BCUT2D eigenvalue weighted by molar-refractivity contribution is -0.302. The number of ether oxygens (including phenoxy) is 3. The van der Waals surface area contributed by atoms with E-state index in [1.807, 2.05) is 6.08 Å². The molecule has 0 aromatic heterocycles. The van der Waals surface area contributed by atoms with Crippen LogP contribution in [0.2, 0.25) is 0 Å². The van der Waals surface area contributed by atoms with Gasteiger partial charge in [-0.1, -0.05) is 177 Å². The average molecular weight is 1000 g/mol. The van der Waals surface area contributed by atoms with Crippen LogP contribution in [0.4, 0.5) is 0 Å². The van der Waals surface area contributed by atoms with Crippen molar-refractivity contribution >= 4 is 11.9 Å². The van der Waals surface area contributed by atoms with Gasteiger partial charge in [0.05, 0.1) is 32.0 Å². The Morgan fingerprint density at radius 3 is 1.52 bits per heavy atom. The van der Waals surface area contributed by atoms with E-state index in [2.05, 4.69) is 79.9 Å². The number of esters is 1. The van der Waals surface area contributed by atoms with E-state index in [0.717, 1.165) is 103 Å². The number of carbonyl (C=O) groups excluding carboxylic acids is 2. The van der Waals surface area contributed by atoms with Gasteiger partial charge in [-0.25, -0.2) is 0 Å². The highest BCUT2D eigenvalue weighted by Gasteiger charge is 2.44. The van der Waals surface area contributed by atoms with Crippen LogP contribution in [-0.4, -0.2) is 100 Å². The number of aliphatic hydroxyl groups excluding tert-OH is 5. The second-order valence-electron chi connectivity index (χ2n) is 19.6. The van der Waals surface area contributed by atoms with Crippen molar-refractivity contribution in [1.29, 1.82) is 0 Å². The summed E-state index contributed by atoms with van der Waals surface area (Å²) in [6.45, 7) is 4.20. The van der Waals surface area contributed by atoms with Crippen LogP contribution < -0.4 is 5.32 Å². The summed E-state index contributed by atoms with van der Waals surface area (Å²) in [7, 11) is 0. The zero-order valence-corrected chi connectivity index (χ0v) is 44.9. The fourth-order valence-electron chi connectivity index (χ4n) is 8.36. The minimum absolute atomic E-state index is 0.0457. The minimum Gasteiger partial charge on any atom is -0.466 e. The first-order valence-corrected chi connectivity index (χ1v) is 28.7. The van der Waals surface area contributed by atoms with Gasteiger partial charge in [-0.3, -0.25) is 9.59 Å². The molecule has 0 aromatic carbocycles. The molecule has 0 bridgehead atoms. The molecule has 11 nitrogen and oxygen atoms in total. The zero-order chi connectivity index (χ0) is 51.7. The number of amides is 1. The molecule has 1 fully saturated rings. The molecule has 1 rings (SSSR count). The predicted octanol–water partition coefficient (Wildman–Crippen LogP) is 12.8. The molecule has 1 saturated heterocycles. The maximum absolute atomic E-state index is 13.0. The number of unbranched alkanes of at least 4 members (excludes halogenated alkanes) is 24. The fourth-order valence-corrected chi connectivity index (χ4v) is 8.36. The average Bonchev–Trinajstić information content (AvgIpc) is 3.37. The highest BCUT2D eigenvalue weighted by molar-refractivity contribution is 5.76. The smallest absolute Gasteiger partial charge is 0.305 e. The van der Waals surface area contributed by atoms with Gasteiger partial charge in [0.2, 0.25) is 5.91 Å². The maximum atomic E-state index is 13.0. The van der Waals surface area contributed by atoms with E-state index in [4.69, 9.17) is 14.2 Å². The van der Waals surface area contributed by atoms with Gasteiger partial charge < -0.3 is 45.1 Å². The van der Waals surface area contributed by atoms with Crippen molar-refractivity contribution in [1.82, 2.24) is 5.32 Å². The molecule has 71 heavy (non-hydrogen) atoms. The van der Waals surface area contributed by atoms with E-state index < -0.39 is 49.5 Å². The third kappa shape index (κ3) is 39.3. The van der Waals surface area contributed by atoms with E-state index >= 15 is 0 Å². The number of hydrogen-bond acceptors (Lipinski definition) is 10. The van der Waals surface area contributed by atoms with Crippen molar-refractivity contribution < 1.29 is 49.3 Å². The minimum atomic E-state index is -1.59. The summed E-state index contributed by atoms with van der Waals surface area (Å²) in [4.78, 5) is 25.0. The van der Waals surface area contributed by atoms with Crippen molar-refractivity contribution in [2.45, 2.75) is 275 Å². The normalized spacial score (nSPS) is 19.7. The largest absolute Gasteiger partial charge is 0.466 e. The molecule has 7 unspecified atom stereocenters. The second-order valence-corrected chi connectivity index (χ2v) is 19.6. The number of nitrogens with one attached hydrogen (secondary N) is 1. The molecular formula is C60H105NO10. The maximum Gasteiger partial charge on any atom is 0.305 e. The van der Waals surface area contributed by atoms with Crippen LogP contribution in [0, 0.1) is 0 Å². The molecule has 0 radical (unpaired) electrons. The van der Waals surface area contributed by atoms with Crippen molar-refractivity contribution in [2.75, 3.05) is 19.8 Å². The summed E-state index contributed by atoms with van der Waals surface area (Å²) in [5.74, 6) is -0.260. The Morgan fingerprint density at radius 1 is 0.521 bits per heavy atom. The van der Waals surface area contributed by atoms with Crippen LogP contribution in [0.5, 0.6) is 0 Å². The van der Waals surface area contributed by atoms with Crippen molar-refractivity contribution in [3.8, 4) is 0 Å². The van der Waals surface area contributed by atoms with E-state index in [1.165, 1.54) is 96.3 Å². The van der Waals surface area contributed by atoms with Crippen LogP contribution in [0.15, 0.2) is 72.9 Å². The van der Waals surface area contributed by atoms with Crippen LogP contribution in [0.25, 0.3) is 0 Å². The molecule has 1 aliphatic rings. The van der Waals surface area contributed by atoms with Gasteiger partial charge in [-0.15, -0.1) is 0 Å². The number of aliphatic hydroxyl groups is 5. The predicted molar refractivity (Wildman–Crippen MR) is 292 cm³/mol. The molecule has 0 aromatic rings. The highest BCUT2D eigenvalue weighted by atomic mass is 16.7. The van der Waals surface area contributed by atoms with Gasteiger partial charge in [-0.2, -0.15) is 0 Å². The van der Waals surface area contributed by atoms with Crippen LogP contribution >= 0.6 is 0 Å². The molecular weight excluding hydrogens is 895 g/mol. The van der Waals surface area contributed by atoms with Crippen molar-refractivity contribution in [3.05, 3.63) is 72.9 Å². The molecule has 0 spiro atoms. The lowest BCUT2D eigenvalue weighted by atomic mass is 9.99. The number of allylic oxidation sites excluding steroid dienone is 11. The lowest BCUT2D eigenvalue weighted by Crippen LogP contribution is -2.60. The Bertz CT molecular complexity index is 1410. The van der Waals surface area contributed by atoms with E-state index in [-0.39, 0.29) is 18.5 Å². The molecule has 1 heterocycles. The number of rotatable bonds is 48. The Hall–Kier alpha value is -2.90. The third-order valence-corrected chi connectivity index (χ3v) is 13.0. The van der Waals surface area contributed by atoms with Gasteiger partial charge in [0.25, 0.3) is 0 Å². The highest BCUT2D eigenvalue weighted by Crippen LogP contribution is 2.23. The third-order valence-electron chi connectivity index (χ3n) is 13.0. The molecule has 6 N–H and O–H groups in total. The fraction of sp³-hybridized carbons (Fsp3) is 0.767. The summed E-state index contributed by atoms with van der Waals surface area (Å²) in [5.41, 5.74) is 0. The lowest BCUT2D eigenvalue weighted by Gasteiger charge is -2.40. The van der Waals surface area contributed by atoms with Gasteiger partial charge >= 0.3 is 5.97 Å². The first kappa shape index (κ1) is 66.1. The SMILES string of the molecule is CCCC/C=C\CCCCCCCC(=O)OCCCCC/C=C\C/C=C\CCCCCCCCCC(=O)NC(COC1OC(CO)C(O)C(O)C1O)C(O)/C=C/CC/C=C/CC/C=C/CCCCCCC. The zero-order valence-electron chi connectivity index (χ0n) is 44.9. The summed E-state index contributed by atoms with van der Waals surface area (Å²) in [5, 5.41) is 54.3. The van der Waals surface area contributed by atoms with Crippen LogP contribution in [0.3, 0.4) is 0 Å². The summed E-state index contributed by atoms with van der Waals surface area (Å²) < 4.78 is 16.6. The Kier molecular flexibility index (Phi) is 45.9. The summed E-state index contributed by atoms with van der Waals surface area (Å²) in [6, 6.07) is -0.849. The molecule has 1 aliphatic heterocycles. The van der Waals surface area contributed by atoms with E-state index in [9.17, 15) is 35.1 Å². The first-order chi connectivity index (χ1) is 34.7. The Balaban J connectivity index is 2.21. The van der Waals surface area contributed by atoms with Crippen molar-refractivity contribution in [2.24, 2.45) is 0 Å². The van der Waals surface area contributed by atoms with Crippen LogP contribution in [0.1, 0.15) is 232 Å². The van der Waals surface area contributed by atoms with Crippen LogP contribution in [-0.2, 0) is 23.8 Å². The van der Waals surface area contributed by atoms with Gasteiger partial charge in [0.15, 0.2) is 6.29 Å². The van der Waals surface area contributed by atoms with E-state index in [1.54, 1.807) is 6.08 Å². The molecule has 410 valence electrons. The monoisotopic (exact) mass is 1000 g/mol. The van der Waals surface area contributed by atoms with Crippen molar-refractivity contribution in [3.63, 3.8) is 0 Å². The Labute approximate surface area is 432 Å². The molecule has 0 aliphatic carbocycles.